The normalized spacial score (nSPS) is 12.2. The highest BCUT2D eigenvalue weighted by atomic mass is 32.1. The molecule has 4 nitrogen and oxygen atoms in total. The van der Waals surface area contributed by atoms with Gasteiger partial charge in [0.15, 0.2) is 0 Å². The molecule has 1 aromatic heterocycles. The number of imidazole rings is 1. The van der Waals surface area contributed by atoms with Crippen molar-refractivity contribution in [3.63, 3.8) is 0 Å². The molecule has 0 aliphatic carbocycles. The highest BCUT2D eigenvalue weighted by molar-refractivity contribution is 7.80. The number of amides is 1. The molecule has 0 fully saturated rings. The van der Waals surface area contributed by atoms with Gasteiger partial charge in [-0.3, -0.25) is 4.79 Å². The van der Waals surface area contributed by atoms with Gasteiger partial charge < -0.3 is 9.88 Å². The molecule has 1 unspecified atom stereocenters. The molecule has 5 heteroatoms. The molecule has 0 spiro atoms. The van der Waals surface area contributed by atoms with Crippen LogP contribution in [0.15, 0.2) is 60.8 Å². The molecule has 3 rings (SSSR count). The van der Waals surface area contributed by atoms with Gasteiger partial charge in [-0.2, -0.15) is 12.6 Å². The highest BCUT2D eigenvalue weighted by Gasteiger charge is 2.19. The fourth-order valence-electron chi connectivity index (χ4n) is 4.09. The maximum absolute atomic E-state index is 12.7. The van der Waals surface area contributed by atoms with Crippen LogP contribution in [-0.2, 0) is 24.3 Å². The quantitative estimate of drug-likeness (QED) is 0.317. The Morgan fingerprint density at radius 2 is 1.76 bits per heavy atom. The molecular weight excluding hydrogens is 426 g/mol. The van der Waals surface area contributed by atoms with E-state index in [1.54, 1.807) is 0 Å². The first-order valence-corrected chi connectivity index (χ1v) is 12.7. The Hall–Kier alpha value is -2.53. The van der Waals surface area contributed by atoms with Crippen LogP contribution in [0.3, 0.4) is 0 Å². The van der Waals surface area contributed by atoms with Crippen molar-refractivity contribution in [1.82, 2.24) is 14.9 Å². The number of aromatic nitrogens is 2. The van der Waals surface area contributed by atoms with Crippen LogP contribution in [0.25, 0.3) is 11.1 Å². The average Bonchev–Trinajstić information content (AvgIpc) is 3.21. The van der Waals surface area contributed by atoms with E-state index < -0.39 is 0 Å². The van der Waals surface area contributed by atoms with E-state index in [-0.39, 0.29) is 11.8 Å². The summed E-state index contributed by atoms with van der Waals surface area (Å²) in [5.41, 5.74) is 4.71. The number of hydrogen-bond donors (Lipinski definition) is 2. The molecule has 1 heterocycles. The average molecular weight is 464 g/mol. The molecule has 3 aromatic rings. The van der Waals surface area contributed by atoms with Gasteiger partial charge in [0.25, 0.3) is 0 Å². The third-order valence-electron chi connectivity index (χ3n) is 5.97. The van der Waals surface area contributed by atoms with Crippen LogP contribution in [0.2, 0.25) is 0 Å². The van der Waals surface area contributed by atoms with E-state index in [9.17, 15) is 4.79 Å². The first-order chi connectivity index (χ1) is 16.0. The van der Waals surface area contributed by atoms with Crippen LogP contribution in [0.1, 0.15) is 57.1 Å². The number of carbonyl (C=O) groups is 1. The van der Waals surface area contributed by atoms with E-state index in [2.05, 4.69) is 91.8 Å². The topological polar surface area (TPSA) is 46.9 Å². The van der Waals surface area contributed by atoms with Crippen molar-refractivity contribution in [2.75, 3.05) is 5.75 Å². The maximum atomic E-state index is 12.7. The maximum Gasteiger partial charge on any atom is 0.224 e. The molecule has 0 bridgehead atoms. The summed E-state index contributed by atoms with van der Waals surface area (Å²) in [5, 5.41) is 3.13. The number of hydrogen-bond acceptors (Lipinski definition) is 3. The zero-order valence-corrected chi connectivity index (χ0v) is 21.0. The van der Waals surface area contributed by atoms with Crippen molar-refractivity contribution in [3.05, 3.63) is 77.9 Å². The van der Waals surface area contributed by atoms with Gasteiger partial charge in [0.2, 0.25) is 5.91 Å². The smallest absolute Gasteiger partial charge is 0.224 e. The minimum absolute atomic E-state index is 0.0604. The summed E-state index contributed by atoms with van der Waals surface area (Å²) in [6.07, 6.45) is 5.94. The summed E-state index contributed by atoms with van der Waals surface area (Å²) < 4.78 is 2.27. The van der Waals surface area contributed by atoms with E-state index >= 15 is 0 Å². The van der Waals surface area contributed by atoms with Crippen LogP contribution in [0, 0.1) is 11.8 Å². The summed E-state index contributed by atoms with van der Waals surface area (Å²) in [6, 6.07) is 19.2. The monoisotopic (exact) mass is 463 g/mol. The van der Waals surface area contributed by atoms with E-state index in [0.717, 1.165) is 43.7 Å². The first-order valence-electron chi connectivity index (χ1n) is 12.1. The first kappa shape index (κ1) is 25.1. The number of carbonyl (C=O) groups excluding carboxylic acids is 1. The van der Waals surface area contributed by atoms with Crippen LogP contribution in [-0.4, -0.2) is 21.2 Å². The molecule has 0 aliphatic heterocycles. The number of rotatable bonds is 12. The minimum Gasteiger partial charge on any atom is -0.350 e. The summed E-state index contributed by atoms with van der Waals surface area (Å²) in [6.45, 7) is 7.72. The van der Waals surface area contributed by atoms with Crippen LogP contribution in [0.5, 0.6) is 0 Å². The largest absolute Gasteiger partial charge is 0.350 e. The summed E-state index contributed by atoms with van der Waals surface area (Å²) in [4.78, 5) is 17.4. The highest BCUT2D eigenvalue weighted by Crippen LogP contribution is 2.21. The van der Waals surface area contributed by atoms with Gasteiger partial charge in [-0.05, 0) is 35.4 Å². The molecule has 1 atom stereocenters. The molecule has 33 heavy (non-hydrogen) atoms. The predicted molar refractivity (Wildman–Crippen MR) is 140 cm³/mol. The van der Waals surface area contributed by atoms with E-state index in [1.165, 1.54) is 16.7 Å². The Morgan fingerprint density at radius 1 is 1.06 bits per heavy atom. The zero-order chi connectivity index (χ0) is 23.6. The summed E-state index contributed by atoms with van der Waals surface area (Å²) in [7, 11) is 0. The van der Waals surface area contributed by atoms with Gasteiger partial charge in [0.05, 0.1) is 18.4 Å². The van der Waals surface area contributed by atoms with E-state index in [4.69, 9.17) is 4.98 Å². The number of nitrogens with one attached hydrogen (secondary N) is 1. The number of thiol groups is 1. The standard InChI is InChI=1S/C28H37N3OS/c1-4-5-11-27-29-17-26(18-30-28(32)25(20-33)16-21(2)3)31(27)19-22-12-14-24(15-13-22)23-9-7-6-8-10-23/h6-10,12-15,17,21,25,33H,4-5,11,16,18-20H2,1-3H3,(H,30,32). The Morgan fingerprint density at radius 3 is 2.39 bits per heavy atom. The molecule has 0 radical (unpaired) electrons. The Balaban J connectivity index is 1.74. The molecule has 0 saturated heterocycles. The van der Waals surface area contributed by atoms with Gasteiger partial charge >= 0.3 is 0 Å². The van der Waals surface area contributed by atoms with Crippen molar-refractivity contribution >= 4 is 18.5 Å². The van der Waals surface area contributed by atoms with Crippen molar-refractivity contribution in [2.45, 2.75) is 59.5 Å². The molecular formula is C28H37N3OS. The molecule has 1 amide bonds. The second-order valence-electron chi connectivity index (χ2n) is 9.15. The molecule has 2 aromatic carbocycles. The van der Waals surface area contributed by atoms with Crippen molar-refractivity contribution < 1.29 is 4.79 Å². The SMILES string of the molecule is CCCCc1ncc(CNC(=O)C(CS)CC(C)C)n1Cc1ccc(-c2ccccc2)cc1. The third kappa shape index (κ3) is 7.23. The van der Waals surface area contributed by atoms with E-state index in [0.29, 0.717) is 18.2 Å². The number of aryl methyl sites for hydroxylation is 1. The van der Waals surface area contributed by atoms with Gasteiger partial charge in [0, 0.05) is 24.6 Å². The molecule has 1 N–H and O–H groups in total. The Bertz CT molecular complexity index is 996. The van der Waals surface area contributed by atoms with Gasteiger partial charge in [-0.1, -0.05) is 81.8 Å². The Labute approximate surface area is 204 Å². The lowest BCUT2D eigenvalue weighted by atomic mass is 9.98. The van der Waals surface area contributed by atoms with Gasteiger partial charge in [-0.15, -0.1) is 0 Å². The minimum atomic E-state index is -0.0604. The summed E-state index contributed by atoms with van der Waals surface area (Å²) >= 11 is 4.39. The molecule has 176 valence electrons. The van der Waals surface area contributed by atoms with Crippen LogP contribution in [0.4, 0.5) is 0 Å². The fourth-order valence-corrected chi connectivity index (χ4v) is 4.41. The second kappa shape index (κ2) is 12.6. The van der Waals surface area contributed by atoms with Gasteiger partial charge in [0.1, 0.15) is 5.82 Å². The number of benzene rings is 2. The van der Waals surface area contributed by atoms with Crippen molar-refractivity contribution in [3.8, 4) is 11.1 Å². The lowest BCUT2D eigenvalue weighted by Crippen LogP contribution is -2.32. The fraction of sp³-hybridized carbons (Fsp3) is 0.429. The van der Waals surface area contributed by atoms with Gasteiger partial charge in [-0.25, -0.2) is 4.98 Å². The van der Waals surface area contributed by atoms with Crippen molar-refractivity contribution in [2.24, 2.45) is 11.8 Å². The second-order valence-corrected chi connectivity index (χ2v) is 9.51. The van der Waals surface area contributed by atoms with Crippen molar-refractivity contribution in [1.29, 1.82) is 0 Å². The zero-order valence-electron chi connectivity index (χ0n) is 20.1. The lowest BCUT2D eigenvalue weighted by molar-refractivity contribution is -0.124. The van der Waals surface area contributed by atoms with Crippen LogP contribution < -0.4 is 5.32 Å². The lowest BCUT2D eigenvalue weighted by Gasteiger charge is -2.18. The number of unbranched alkanes of at least 4 members (excludes halogenated alkanes) is 1. The molecule has 0 saturated carbocycles. The molecule has 0 aliphatic rings. The van der Waals surface area contributed by atoms with Crippen LogP contribution >= 0.6 is 12.6 Å². The van der Waals surface area contributed by atoms with E-state index in [1.807, 2.05) is 12.3 Å². The number of nitrogens with zero attached hydrogens (tertiary/aromatic N) is 2. The predicted octanol–water partition coefficient (Wildman–Crippen LogP) is 6.15. The summed E-state index contributed by atoms with van der Waals surface area (Å²) in [5.74, 6) is 2.14. The third-order valence-corrected chi connectivity index (χ3v) is 6.41. The Kier molecular flexibility index (Phi) is 9.61.